The number of para-hydroxylation sites is 1. The first-order chi connectivity index (χ1) is 12.7. The second-order valence-electron chi connectivity index (χ2n) is 5.25. The van der Waals surface area contributed by atoms with Crippen LogP contribution in [-0.2, 0) is 15.8 Å². The molecule has 0 aliphatic rings. The molecule has 0 aliphatic heterocycles. The van der Waals surface area contributed by atoms with E-state index < -0.39 is 23.6 Å². The highest BCUT2D eigenvalue weighted by molar-refractivity contribution is 8.04. The molecule has 4 nitrogen and oxygen atoms in total. The van der Waals surface area contributed by atoms with Crippen LogP contribution in [0.4, 0.5) is 18.9 Å². The van der Waals surface area contributed by atoms with Gasteiger partial charge in [-0.2, -0.15) is 13.2 Å². The van der Waals surface area contributed by atoms with Crippen molar-refractivity contribution in [3.05, 3.63) is 69.6 Å². The van der Waals surface area contributed by atoms with Crippen molar-refractivity contribution in [1.82, 2.24) is 0 Å². The van der Waals surface area contributed by atoms with Gasteiger partial charge in [-0.25, -0.2) is 4.79 Å². The number of thioether (sulfide) groups is 1. The largest absolute Gasteiger partial charge is 0.477 e. The fourth-order valence-electron chi connectivity index (χ4n) is 2.04. The summed E-state index contributed by atoms with van der Waals surface area (Å²) in [5.74, 6) is -2.36. The number of carbonyl (C=O) groups is 2. The van der Waals surface area contributed by atoms with E-state index in [2.05, 4.69) is 5.32 Å². The van der Waals surface area contributed by atoms with E-state index in [1.54, 1.807) is 24.3 Å². The molecule has 0 bridgehead atoms. The molecule has 0 radical (unpaired) electrons. The summed E-state index contributed by atoms with van der Waals surface area (Å²) in [7, 11) is 0. The summed E-state index contributed by atoms with van der Waals surface area (Å²) >= 11 is 6.46. The fourth-order valence-corrected chi connectivity index (χ4v) is 2.87. The third kappa shape index (κ3) is 6.33. The second-order valence-corrected chi connectivity index (χ2v) is 6.70. The lowest BCUT2D eigenvalue weighted by molar-refractivity contribution is -0.137. The van der Waals surface area contributed by atoms with E-state index in [4.69, 9.17) is 11.6 Å². The van der Waals surface area contributed by atoms with Crippen molar-refractivity contribution in [2.75, 3.05) is 11.1 Å². The maximum Gasteiger partial charge on any atom is 0.418 e. The number of amides is 1. The van der Waals surface area contributed by atoms with Gasteiger partial charge in [-0.3, -0.25) is 4.79 Å². The molecule has 0 aromatic heterocycles. The fraction of sp³-hybridized carbons (Fsp3) is 0.111. The lowest BCUT2D eigenvalue weighted by Crippen LogP contribution is -2.18. The Hall–Kier alpha value is -2.45. The predicted octanol–water partition coefficient (Wildman–Crippen LogP) is 5.16. The topological polar surface area (TPSA) is 66.4 Å². The molecule has 0 spiro atoms. The van der Waals surface area contributed by atoms with E-state index >= 15 is 0 Å². The predicted molar refractivity (Wildman–Crippen MR) is 99.6 cm³/mol. The third-order valence-electron chi connectivity index (χ3n) is 3.24. The molecule has 9 heteroatoms. The molecule has 0 saturated carbocycles. The number of aliphatic carboxylic acids is 1. The van der Waals surface area contributed by atoms with Gasteiger partial charge in [0, 0.05) is 5.02 Å². The zero-order valence-corrected chi connectivity index (χ0v) is 15.2. The van der Waals surface area contributed by atoms with Crippen LogP contribution < -0.4 is 5.32 Å². The maximum absolute atomic E-state index is 12.9. The van der Waals surface area contributed by atoms with Crippen LogP contribution in [0.5, 0.6) is 0 Å². The molecule has 0 fully saturated rings. The van der Waals surface area contributed by atoms with Gasteiger partial charge < -0.3 is 10.4 Å². The molecule has 0 atom stereocenters. The van der Waals surface area contributed by atoms with Gasteiger partial charge in [0.05, 0.1) is 21.9 Å². The van der Waals surface area contributed by atoms with Crippen LogP contribution in [0.3, 0.4) is 0 Å². The maximum atomic E-state index is 12.9. The van der Waals surface area contributed by atoms with Gasteiger partial charge in [0.1, 0.15) is 0 Å². The first-order valence-electron chi connectivity index (χ1n) is 7.46. The van der Waals surface area contributed by atoms with Gasteiger partial charge in [0.15, 0.2) is 0 Å². The first-order valence-corrected chi connectivity index (χ1v) is 8.82. The lowest BCUT2D eigenvalue weighted by atomic mass is 10.1. The normalized spacial score (nSPS) is 11.9. The van der Waals surface area contributed by atoms with Gasteiger partial charge in [-0.15, -0.1) is 11.8 Å². The van der Waals surface area contributed by atoms with Crippen LogP contribution in [0.25, 0.3) is 6.08 Å². The summed E-state index contributed by atoms with van der Waals surface area (Å²) in [4.78, 5) is 23.2. The highest BCUT2D eigenvalue weighted by Crippen LogP contribution is 2.34. The minimum Gasteiger partial charge on any atom is -0.477 e. The Bertz CT molecular complexity index is 867. The Kier molecular flexibility index (Phi) is 6.92. The van der Waals surface area contributed by atoms with Crippen molar-refractivity contribution in [3.8, 4) is 0 Å². The number of halogens is 4. The van der Waals surface area contributed by atoms with Crippen LogP contribution in [-0.4, -0.2) is 22.7 Å². The summed E-state index contributed by atoms with van der Waals surface area (Å²) in [6, 6.07) is 10.9. The number of anilines is 1. The van der Waals surface area contributed by atoms with Crippen molar-refractivity contribution in [3.63, 3.8) is 0 Å². The average Bonchev–Trinajstić information content (AvgIpc) is 2.59. The highest BCUT2D eigenvalue weighted by Gasteiger charge is 2.33. The van der Waals surface area contributed by atoms with E-state index in [-0.39, 0.29) is 16.3 Å². The third-order valence-corrected chi connectivity index (χ3v) is 4.51. The van der Waals surface area contributed by atoms with Crippen molar-refractivity contribution in [1.29, 1.82) is 0 Å². The van der Waals surface area contributed by atoms with Crippen LogP contribution in [0.15, 0.2) is 53.4 Å². The average molecular weight is 416 g/mol. The molecule has 1 amide bonds. The second kappa shape index (κ2) is 8.96. The number of hydrogen-bond donors (Lipinski definition) is 2. The molecule has 27 heavy (non-hydrogen) atoms. The number of benzene rings is 2. The Morgan fingerprint density at radius 1 is 1.11 bits per heavy atom. The van der Waals surface area contributed by atoms with Crippen LogP contribution in [0.1, 0.15) is 11.1 Å². The molecule has 2 N–H and O–H groups in total. The zero-order valence-electron chi connectivity index (χ0n) is 13.6. The molecule has 2 aromatic rings. The summed E-state index contributed by atoms with van der Waals surface area (Å²) < 4.78 is 38.8. The van der Waals surface area contributed by atoms with Crippen molar-refractivity contribution < 1.29 is 27.9 Å². The number of carboxylic acid groups (broad SMARTS) is 1. The molecule has 0 unspecified atom stereocenters. The summed E-state index contributed by atoms with van der Waals surface area (Å²) in [5.41, 5.74) is -0.792. The zero-order chi connectivity index (χ0) is 20.0. The molecule has 0 saturated heterocycles. The minimum atomic E-state index is -4.61. The van der Waals surface area contributed by atoms with E-state index in [0.717, 1.165) is 12.1 Å². The molecule has 142 valence electrons. The van der Waals surface area contributed by atoms with Crippen LogP contribution in [0, 0.1) is 0 Å². The van der Waals surface area contributed by atoms with Gasteiger partial charge in [-0.05, 0) is 35.9 Å². The van der Waals surface area contributed by atoms with Crippen molar-refractivity contribution in [2.24, 2.45) is 0 Å². The number of hydrogen-bond acceptors (Lipinski definition) is 3. The molecule has 0 heterocycles. The quantitative estimate of drug-likeness (QED) is 0.640. The Morgan fingerprint density at radius 3 is 2.33 bits per heavy atom. The Balaban J connectivity index is 2.07. The number of alkyl halides is 3. The Morgan fingerprint density at radius 2 is 1.74 bits per heavy atom. The number of nitrogens with one attached hydrogen (secondary N) is 1. The standard InChI is InChI=1S/C18H13ClF3NO3S/c19-12-7-5-11(6-8-12)9-15(17(25)26)27-10-16(24)23-14-4-2-1-3-13(14)18(20,21)22/h1-9H,10H2,(H,23,24)(H,25,26)/b15-9+. The van der Waals surface area contributed by atoms with Crippen molar-refractivity contribution in [2.45, 2.75) is 6.18 Å². The van der Waals surface area contributed by atoms with E-state index in [9.17, 15) is 27.9 Å². The minimum absolute atomic E-state index is 0.128. The summed E-state index contributed by atoms with van der Waals surface area (Å²) in [6.45, 7) is 0. The SMILES string of the molecule is O=C(CS/C(=C/c1ccc(Cl)cc1)C(=O)O)Nc1ccccc1C(F)(F)F. The van der Waals surface area contributed by atoms with E-state index in [1.165, 1.54) is 18.2 Å². The van der Waals surface area contributed by atoms with Crippen LogP contribution in [0.2, 0.25) is 5.02 Å². The van der Waals surface area contributed by atoms with Crippen LogP contribution >= 0.6 is 23.4 Å². The Labute approximate surface area is 162 Å². The van der Waals surface area contributed by atoms with Crippen molar-refractivity contribution >= 4 is 47.0 Å². The lowest BCUT2D eigenvalue weighted by Gasteiger charge is -2.13. The van der Waals surface area contributed by atoms with Gasteiger partial charge >= 0.3 is 12.1 Å². The van der Waals surface area contributed by atoms with E-state index in [1.807, 2.05) is 0 Å². The molecule has 2 aromatic carbocycles. The first kappa shape index (κ1) is 20.9. The van der Waals surface area contributed by atoms with Gasteiger partial charge in [-0.1, -0.05) is 35.9 Å². The number of carbonyl (C=O) groups excluding carboxylic acids is 1. The summed E-state index contributed by atoms with van der Waals surface area (Å²) in [5, 5.41) is 11.9. The van der Waals surface area contributed by atoms with Gasteiger partial charge in [0.2, 0.25) is 5.91 Å². The molecular formula is C18H13ClF3NO3S. The van der Waals surface area contributed by atoms with Gasteiger partial charge in [0.25, 0.3) is 0 Å². The molecule has 2 rings (SSSR count). The number of carboxylic acids is 1. The highest BCUT2D eigenvalue weighted by atomic mass is 35.5. The van der Waals surface area contributed by atoms with E-state index in [0.29, 0.717) is 22.3 Å². The monoisotopic (exact) mass is 415 g/mol. The molecule has 0 aliphatic carbocycles. The summed E-state index contributed by atoms with van der Waals surface area (Å²) in [6.07, 6.45) is -3.27. The smallest absolute Gasteiger partial charge is 0.418 e. The molecular weight excluding hydrogens is 403 g/mol. The number of rotatable bonds is 6.